The summed E-state index contributed by atoms with van der Waals surface area (Å²) in [5.74, 6) is 0.268. The Hall–Kier alpha value is -3.93. The molecular formula is C22H22N6O5S. The van der Waals surface area contributed by atoms with Gasteiger partial charge in [0.25, 0.3) is 11.2 Å². The van der Waals surface area contributed by atoms with Crippen LogP contribution in [0.1, 0.15) is 19.8 Å². The number of thioether (sulfide) groups is 1. The van der Waals surface area contributed by atoms with Gasteiger partial charge >= 0.3 is 0 Å². The predicted molar refractivity (Wildman–Crippen MR) is 129 cm³/mol. The number of amides is 1. The molecule has 0 unspecified atom stereocenters. The summed E-state index contributed by atoms with van der Waals surface area (Å²) in [6.07, 6.45) is 1.75. The van der Waals surface area contributed by atoms with Crippen molar-refractivity contribution in [2.75, 3.05) is 18.2 Å². The van der Waals surface area contributed by atoms with E-state index in [1.807, 2.05) is 25.1 Å². The second-order valence-electron chi connectivity index (χ2n) is 7.42. The Labute approximate surface area is 197 Å². The van der Waals surface area contributed by atoms with Crippen molar-refractivity contribution in [1.29, 1.82) is 0 Å². The van der Waals surface area contributed by atoms with Crippen molar-refractivity contribution in [1.82, 2.24) is 19.2 Å². The monoisotopic (exact) mass is 482 g/mol. The lowest BCUT2D eigenvalue weighted by Gasteiger charge is -2.11. The zero-order chi connectivity index (χ0) is 24.2. The van der Waals surface area contributed by atoms with Crippen LogP contribution in [-0.4, -0.2) is 42.9 Å². The van der Waals surface area contributed by atoms with Gasteiger partial charge < -0.3 is 10.1 Å². The average Bonchev–Trinajstić information content (AvgIpc) is 3.27. The van der Waals surface area contributed by atoms with Crippen LogP contribution in [0.3, 0.4) is 0 Å². The number of methoxy groups -OCH3 is 1. The number of rotatable bonds is 9. The summed E-state index contributed by atoms with van der Waals surface area (Å²) < 4.78 is 8.57. The zero-order valence-electron chi connectivity index (χ0n) is 18.6. The van der Waals surface area contributed by atoms with E-state index in [0.29, 0.717) is 34.1 Å². The molecule has 0 saturated carbocycles. The van der Waals surface area contributed by atoms with Crippen LogP contribution in [0.2, 0.25) is 0 Å². The van der Waals surface area contributed by atoms with Gasteiger partial charge in [0.1, 0.15) is 5.75 Å². The van der Waals surface area contributed by atoms with Crippen LogP contribution in [-0.2, 0) is 11.3 Å². The molecule has 0 aliphatic rings. The van der Waals surface area contributed by atoms with Gasteiger partial charge in [0, 0.05) is 12.6 Å². The molecule has 2 aromatic carbocycles. The number of nitrogens with zero attached hydrogens (tertiary/aromatic N) is 5. The normalized spacial score (nSPS) is 11.1. The minimum atomic E-state index is -0.537. The highest BCUT2D eigenvalue weighted by Crippen LogP contribution is 2.29. The van der Waals surface area contributed by atoms with Crippen molar-refractivity contribution >= 4 is 45.7 Å². The molecule has 11 nitrogen and oxygen atoms in total. The van der Waals surface area contributed by atoms with Gasteiger partial charge in [-0.05, 0) is 24.6 Å². The minimum Gasteiger partial charge on any atom is -0.494 e. The van der Waals surface area contributed by atoms with E-state index in [0.717, 1.165) is 12.8 Å². The number of nitro groups is 1. The molecule has 0 saturated heterocycles. The van der Waals surface area contributed by atoms with Gasteiger partial charge in [-0.25, -0.2) is 0 Å². The maximum Gasteiger partial charge on any atom is 0.273 e. The van der Waals surface area contributed by atoms with E-state index in [4.69, 9.17) is 4.74 Å². The van der Waals surface area contributed by atoms with Gasteiger partial charge in [0.15, 0.2) is 5.16 Å². The molecular weight excluding hydrogens is 460 g/mol. The van der Waals surface area contributed by atoms with Crippen molar-refractivity contribution in [3.05, 3.63) is 62.9 Å². The number of carbonyl (C=O) groups is 1. The number of fused-ring (bicyclic) bond motifs is 3. The first-order valence-electron chi connectivity index (χ1n) is 10.6. The average molecular weight is 483 g/mol. The number of hydrogen-bond acceptors (Lipinski definition) is 8. The van der Waals surface area contributed by atoms with E-state index in [2.05, 4.69) is 15.5 Å². The van der Waals surface area contributed by atoms with Crippen LogP contribution >= 0.6 is 11.8 Å². The Morgan fingerprint density at radius 3 is 2.76 bits per heavy atom. The Morgan fingerprint density at radius 2 is 2.03 bits per heavy atom. The quantitative estimate of drug-likeness (QED) is 0.218. The molecule has 0 radical (unpaired) electrons. The zero-order valence-corrected chi connectivity index (χ0v) is 19.4. The highest BCUT2D eigenvalue weighted by Gasteiger charge is 2.18. The fourth-order valence-corrected chi connectivity index (χ4v) is 4.30. The van der Waals surface area contributed by atoms with Crippen LogP contribution in [0.15, 0.2) is 52.4 Å². The molecule has 0 aliphatic carbocycles. The number of ether oxygens (including phenoxy) is 1. The number of para-hydroxylation sites is 1. The van der Waals surface area contributed by atoms with Gasteiger partial charge in [-0.2, -0.15) is 0 Å². The number of anilines is 1. The molecule has 0 spiro atoms. The maximum absolute atomic E-state index is 13.0. The van der Waals surface area contributed by atoms with Gasteiger partial charge in [-0.3, -0.25) is 28.7 Å². The molecule has 176 valence electrons. The summed E-state index contributed by atoms with van der Waals surface area (Å²) in [6, 6.07) is 11.2. The van der Waals surface area contributed by atoms with E-state index in [1.165, 1.54) is 37.1 Å². The van der Waals surface area contributed by atoms with Crippen molar-refractivity contribution in [2.45, 2.75) is 31.5 Å². The number of aryl methyl sites for hydroxylation is 1. The van der Waals surface area contributed by atoms with Crippen molar-refractivity contribution in [3.8, 4) is 5.75 Å². The fraction of sp³-hybridized carbons (Fsp3) is 0.273. The topological polar surface area (TPSA) is 134 Å². The first-order chi connectivity index (χ1) is 16.4. The third-order valence-corrected chi connectivity index (χ3v) is 6.14. The second-order valence-corrected chi connectivity index (χ2v) is 8.37. The molecule has 0 bridgehead atoms. The van der Waals surface area contributed by atoms with E-state index in [-0.39, 0.29) is 28.7 Å². The van der Waals surface area contributed by atoms with Gasteiger partial charge in [-0.1, -0.05) is 37.2 Å². The first-order valence-corrected chi connectivity index (χ1v) is 11.5. The first kappa shape index (κ1) is 23.2. The lowest BCUT2D eigenvalue weighted by atomic mass is 10.2. The highest BCUT2D eigenvalue weighted by atomic mass is 32.2. The van der Waals surface area contributed by atoms with Crippen LogP contribution in [0.25, 0.3) is 16.7 Å². The van der Waals surface area contributed by atoms with E-state index < -0.39 is 4.92 Å². The maximum atomic E-state index is 13.0. The van der Waals surface area contributed by atoms with Crippen LogP contribution < -0.4 is 15.6 Å². The molecule has 0 fully saturated rings. The molecule has 0 atom stereocenters. The molecule has 4 rings (SSSR count). The number of non-ortho nitro benzene ring substituents is 1. The Balaban J connectivity index is 1.61. The van der Waals surface area contributed by atoms with E-state index in [9.17, 15) is 19.7 Å². The third kappa shape index (κ3) is 4.44. The standard InChI is InChI=1S/C22H22N6O5S/c1-3-4-11-26-20(30)15-7-5-6-8-17(15)27-21(26)24-25-22(27)34-13-19(29)23-16-10-9-14(28(31)32)12-18(16)33-2/h5-10,12H,3-4,11,13H2,1-2H3,(H,23,29). The molecule has 1 N–H and O–H groups in total. The SMILES string of the molecule is CCCCn1c(=O)c2ccccc2n2c(SCC(=O)Nc3ccc([N+](=O)[O-])cc3OC)nnc12. The lowest BCUT2D eigenvalue weighted by molar-refractivity contribution is -0.384. The number of carbonyl (C=O) groups excluding carboxylic acids is 1. The molecule has 4 aromatic rings. The summed E-state index contributed by atoms with van der Waals surface area (Å²) in [5, 5.41) is 23.2. The number of nitro benzene ring substituents is 1. The van der Waals surface area contributed by atoms with Crippen molar-refractivity contribution in [2.24, 2.45) is 0 Å². The third-order valence-electron chi connectivity index (χ3n) is 5.22. The summed E-state index contributed by atoms with van der Waals surface area (Å²) in [5.41, 5.74) is 0.729. The summed E-state index contributed by atoms with van der Waals surface area (Å²) >= 11 is 1.17. The number of hydrogen-bond donors (Lipinski definition) is 1. The minimum absolute atomic E-state index is 0.00332. The number of nitrogens with one attached hydrogen (secondary N) is 1. The second kappa shape index (κ2) is 9.91. The van der Waals surface area contributed by atoms with Crippen LogP contribution in [0.5, 0.6) is 5.75 Å². The largest absolute Gasteiger partial charge is 0.494 e. The molecule has 1 amide bonds. The fourth-order valence-electron chi connectivity index (χ4n) is 3.56. The van der Waals surface area contributed by atoms with Gasteiger partial charge in [0.2, 0.25) is 11.7 Å². The number of unbranched alkanes of at least 4 members (excludes halogenated alkanes) is 1. The Morgan fingerprint density at radius 1 is 1.24 bits per heavy atom. The lowest BCUT2D eigenvalue weighted by Crippen LogP contribution is -2.23. The molecule has 12 heteroatoms. The smallest absolute Gasteiger partial charge is 0.273 e. The van der Waals surface area contributed by atoms with Crippen molar-refractivity contribution in [3.63, 3.8) is 0 Å². The van der Waals surface area contributed by atoms with E-state index >= 15 is 0 Å². The Bertz CT molecular complexity index is 1450. The number of benzene rings is 2. The summed E-state index contributed by atoms with van der Waals surface area (Å²) in [6.45, 7) is 2.57. The molecule has 0 aliphatic heterocycles. The van der Waals surface area contributed by atoms with Crippen LogP contribution in [0.4, 0.5) is 11.4 Å². The van der Waals surface area contributed by atoms with E-state index in [1.54, 1.807) is 15.0 Å². The molecule has 34 heavy (non-hydrogen) atoms. The van der Waals surface area contributed by atoms with Gasteiger partial charge in [-0.15, -0.1) is 10.2 Å². The van der Waals surface area contributed by atoms with Crippen LogP contribution in [0, 0.1) is 10.1 Å². The predicted octanol–water partition coefficient (Wildman–Crippen LogP) is 3.49. The molecule has 2 aromatic heterocycles. The van der Waals surface area contributed by atoms with Crippen molar-refractivity contribution < 1.29 is 14.5 Å². The molecule has 2 heterocycles. The number of aromatic nitrogens is 4. The van der Waals surface area contributed by atoms with Gasteiger partial charge in [0.05, 0.1) is 40.4 Å². The highest BCUT2D eigenvalue weighted by molar-refractivity contribution is 7.99. The summed E-state index contributed by atoms with van der Waals surface area (Å²) in [4.78, 5) is 36.1. The Kier molecular flexibility index (Phi) is 6.77. The summed E-state index contributed by atoms with van der Waals surface area (Å²) in [7, 11) is 1.37.